The van der Waals surface area contributed by atoms with Crippen molar-refractivity contribution in [2.75, 3.05) is 48.6 Å². The van der Waals surface area contributed by atoms with E-state index in [2.05, 4.69) is 30.5 Å². The predicted molar refractivity (Wildman–Crippen MR) is 110 cm³/mol. The van der Waals surface area contributed by atoms with E-state index in [1.165, 1.54) is 0 Å². The Hall–Kier alpha value is -2.55. The molecule has 1 aromatic carbocycles. The number of amides is 2. The van der Waals surface area contributed by atoms with Crippen LogP contribution in [0, 0.1) is 0 Å². The Bertz CT molecular complexity index is 793. The molecule has 2 aromatic rings. The number of urea groups is 1. The van der Waals surface area contributed by atoms with E-state index >= 15 is 0 Å². The number of thioether (sulfide) groups is 1. The quantitative estimate of drug-likeness (QED) is 0.737. The van der Waals surface area contributed by atoms with Crippen molar-refractivity contribution in [3.8, 4) is 0 Å². The normalized spacial score (nSPS) is 13.5. The Morgan fingerprint density at radius 2 is 2.00 bits per heavy atom. The van der Waals surface area contributed by atoms with Gasteiger partial charge in [-0.3, -0.25) is 0 Å². The van der Waals surface area contributed by atoms with Crippen LogP contribution in [0.3, 0.4) is 0 Å². The van der Waals surface area contributed by atoms with E-state index in [0.29, 0.717) is 17.7 Å². The fraction of sp³-hybridized carbons (Fsp3) is 0.444. The lowest BCUT2D eigenvalue weighted by Crippen LogP contribution is -2.30. The molecule has 8 nitrogen and oxygen atoms in total. The van der Waals surface area contributed by atoms with Crippen molar-refractivity contribution in [1.29, 1.82) is 0 Å². The van der Waals surface area contributed by atoms with Crippen LogP contribution in [0.2, 0.25) is 0 Å². The Balaban J connectivity index is 1.66. The topological polar surface area (TPSA) is 86.3 Å². The molecule has 2 heterocycles. The highest BCUT2D eigenvalue weighted by molar-refractivity contribution is 7.98. The second kappa shape index (κ2) is 8.90. The summed E-state index contributed by atoms with van der Waals surface area (Å²) >= 11 is 1.63. The minimum Gasteiger partial charge on any atom is -0.347 e. The third-order valence-corrected chi connectivity index (χ3v) is 4.91. The van der Waals surface area contributed by atoms with Gasteiger partial charge in [-0.2, -0.15) is 15.0 Å². The van der Waals surface area contributed by atoms with Gasteiger partial charge in [0.2, 0.25) is 11.9 Å². The molecule has 1 aliphatic rings. The van der Waals surface area contributed by atoms with Crippen LogP contribution in [0.4, 0.5) is 22.4 Å². The first kappa shape index (κ1) is 19.2. The second-order valence-electron chi connectivity index (χ2n) is 6.48. The molecule has 27 heavy (non-hydrogen) atoms. The average molecular weight is 388 g/mol. The number of benzene rings is 1. The third kappa shape index (κ3) is 5.22. The monoisotopic (exact) mass is 387 g/mol. The molecule has 9 heteroatoms. The van der Waals surface area contributed by atoms with Gasteiger partial charge in [0.05, 0.1) is 6.54 Å². The minimum absolute atomic E-state index is 0.234. The third-order valence-electron chi connectivity index (χ3n) is 4.18. The number of rotatable bonds is 6. The SMILES string of the molecule is CSc1cccc(NC(=O)NCc2nc(N(C)C)nc(N3CCCC3)n2)c1. The van der Waals surface area contributed by atoms with Crippen LogP contribution in [0.5, 0.6) is 0 Å². The van der Waals surface area contributed by atoms with Crippen molar-refractivity contribution in [3.63, 3.8) is 0 Å². The molecule has 1 saturated heterocycles. The largest absolute Gasteiger partial charge is 0.347 e. The molecule has 3 rings (SSSR count). The molecule has 0 unspecified atom stereocenters. The molecule has 0 radical (unpaired) electrons. The molecule has 0 bridgehead atoms. The van der Waals surface area contributed by atoms with Gasteiger partial charge in [-0.05, 0) is 37.3 Å². The van der Waals surface area contributed by atoms with Crippen LogP contribution in [0.15, 0.2) is 29.2 Å². The summed E-state index contributed by atoms with van der Waals surface area (Å²) in [5, 5.41) is 5.66. The molecule has 2 N–H and O–H groups in total. The first-order valence-corrected chi connectivity index (χ1v) is 10.1. The van der Waals surface area contributed by atoms with Crippen molar-refractivity contribution in [2.45, 2.75) is 24.3 Å². The van der Waals surface area contributed by atoms with Crippen LogP contribution in [-0.4, -0.2) is 54.4 Å². The summed E-state index contributed by atoms with van der Waals surface area (Å²) in [6, 6.07) is 7.42. The zero-order valence-electron chi connectivity index (χ0n) is 15.9. The van der Waals surface area contributed by atoms with Crippen molar-refractivity contribution in [1.82, 2.24) is 20.3 Å². The molecule has 1 aliphatic heterocycles. The van der Waals surface area contributed by atoms with Gasteiger partial charge < -0.3 is 20.4 Å². The van der Waals surface area contributed by atoms with E-state index < -0.39 is 0 Å². The summed E-state index contributed by atoms with van der Waals surface area (Å²) in [5.74, 6) is 1.82. The van der Waals surface area contributed by atoms with Crippen LogP contribution in [0.25, 0.3) is 0 Å². The predicted octanol–water partition coefficient (Wildman–Crippen LogP) is 2.58. The number of hydrogen-bond donors (Lipinski definition) is 2. The van der Waals surface area contributed by atoms with Gasteiger partial charge in [-0.25, -0.2) is 4.79 Å². The Morgan fingerprint density at radius 1 is 1.22 bits per heavy atom. The second-order valence-corrected chi connectivity index (χ2v) is 7.36. The minimum atomic E-state index is -0.289. The molecular formula is C18H25N7OS. The molecule has 1 aromatic heterocycles. The van der Waals surface area contributed by atoms with Gasteiger partial charge in [-0.15, -0.1) is 11.8 Å². The standard InChI is InChI=1S/C18H25N7OS/c1-24(2)16-21-15(22-17(23-16)25-9-4-5-10-25)12-19-18(26)20-13-7-6-8-14(11-13)27-3/h6-8,11H,4-5,9-10,12H2,1-3H3,(H2,19,20,26). The van der Waals surface area contributed by atoms with E-state index in [1.807, 2.05) is 49.5 Å². The average Bonchev–Trinajstić information content (AvgIpc) is 3.21. The number of aromatic nitrogens is 3. The van der Waals surface area contributed by atoms with Gasteiger partial charge in [-0.1, -0.05) is 6.07 Å². The maximum atomic E-state index is 12.2. The van der Waals surface area contributed by atoms with Crippen molar-refractivity contribution < 1.29 is 4.79 Å². The number of carbonyl (C=O) groups is 1. The van der Waals surface area contributed by atoms with E-state index in [-0.39, 0.29) is 12.6 Å². The highest BCUT2D eigenvalue weighted by Crippen LogP contribution is 2.19. The summed E-state index contributed by atoms with van der Waals surface area (Å²) in [6.07, 6.45) is 4.29. The number of carbonyl (C=O) groups excluding carboxylic acids is 1. The molecule has 0 saturated carbocycles. The molecular weight excluding hydrogens is 362 g/mol. The number of nitrogens with one attached hydrogen (secondary N) is 2. The lowest BCUT2D eigenvalue weighted by molar-refractivity contribution is 0.251. The lowest BCUT2D eigenvalue weighted by atomic mass is 10.3. The van der Waals surface area contributed by atoms with Crippen molar-refractivity contribution in [2.24, 2.45) is 0 Å². The molecule has 2 amide bonds. The molecule has 0 spiro atoms. The smallest absolute Gasteiger partial charge is 0.319 e. The van der Waals surface area contributed by atoms with E-state index in [4.69, 9.17) is 0 Å². The highest BCUT2D eigenvalue weighted by atomic mass is 32.2. The first-order valence-electron chi connectivity index (χ1n) is 8.91. The van der Waals surface area contributed by atoms with Gasteiger partial charge in [0.1, 0.15) is 0 Å². The van der Waals surface area contributed by atoms with Crippen LogP contribution in [-0.2, 0) is 6.54 Å². The van der Waals surface area contributed by atoms with Crippen LogP contribution < -0.4 is 20.4 Å². The number of hydrogen-bond acceptors (Lipinski definition) is 7. The molecule has 144 valence electrons. The zero-order chi connectivity index (χ0) is 19.2. The Kier molecular flexibility index (Phi) is 6.33. The molecule has 0 aliphatic carbocycles. The van der Waals surface area contributed by atoms with Crippen LogP contribution >= 0.6 is 11.8 Å². The summed E-state index contributed by atoms with van der Waals surface area (Å²) < 4.78 is 0. The maximum Gasteiger partial charge on any atom is 0.319 e. The van der Waals surface area contributed by atoms with Gasteiger partial charge in [0, 0.05) is 37.8 Å². The van der Waals surface area contributed by atoms with E-state index in [0.717, 1.165) is 36.5 Å². The molecule has 0 atom stereocenters. The molecule has 1 fully saturated rings. The van der Waals surface area contributed by atoms with Crippen molar-refractivity contribution >= 4 is 35.4 Å². The van der Waals surface area contributed by atoms with Gasteiger partial charge >= 0.3 is 6.03 Å². The van der Waals surface area contributed by atoms with Gasteiger partial charge in [0.15, 0.2) is 5.82 Å². The summed E-state index contributed by atoms with van der Waals surface area (Å²) in [5.41, 5.74) is 0.752. The zero-order valence-corrected chi connectivity index (χ0v) is 16.7. The summed E-state index contributed by atoms with van der Waals surface area (Å²) in [7, 11) is 3.79. The summed E-state index contributed by atoms with van der Waals surface area (Å²) in [6.45, 7) is 2.14. The lowest BCUT2D eigenvalue weighted by Gasteiger charge is -2.19. The highest BCUT2D eigenvalue weighted by Gasteiger charge is 2.18. The maximum absolute atomic E-state index is 12.2. The summed E-state index contributed by atoms with van der Waals surface area (Å²) in [4.78, 5) is 30.8. The number of anilines is 3. The van der Waals surface area contributed by atoms with Crippen molar-refractivity contribution in [3.05, 3.63) is 30.1 Å². The van der Waals surface area contributed by atoms with E-state index in [9.17, 15) is 4.79 Å². The fourth-order valence-electron chi connectivity index (χ4n) is 2.77. The Morgan fingerprint density at radius 3 is 2.70 bits per heavy atom. The van der Waals surface area contributed by atoms with E-state index in [1.54, 1.807) is 11.8 Å². The first-order chi connectivity index (χ1) is 13.0. The fourth-order valence-corrected chi connectivity index (χ4v) is 3.23. The Labute approximate surface area is 163 Å². The van der Waals surface area contributed by atoms with Gasteiger partial charge in [0.25, 0.3) is 0 Å². The number of nitrogens with zero attached hydrogens (tertiary/aromatic N) is 5. The van der Waals surface area contributed by atoms with Crippen LogP contribution in [0.1, 0.15) is 18.7 Å².